The molecule has 10 heteroatoms. The third-order valence-corrected chi connectivity index (χ3v) is 7.86. The van der Waals surface area contributed by atoms with E-state index in [9.17, 15) is 22.4 Å². The number of hydrogen-bond acceptors (Lipinski definition) is 6. The lowest BCUT2D eigenvalue weighted by atomic mass is 10.1. The Morgan fingerprint density at radius 1 is 1.18 bits per heavy atom. The first kappa shape index (κ1) is 25.6. The Balaban J connectivity index is 1.78. The number of aryl methyl sites for hydroxylation is 1. The predicted molar refractivity (Wildman–Crippen MR) is 125 cm³/mol. The molecule has 0 aliphatic carbocycles. The third kappa shape index (κ3) is 5.56. The molecule has 1 N–H and O–H groups in total. The first-order valence-electron chi connectivity index (χ1n) is 11.0. The van der Waals surface area contributed by atoms with Gasteiger partial charge in [-0.1, -0.05) is 12.5 Å². The molecule has 184 valence electrons. The maximum absolute atomic E-state index is 13.7. The Morgan fingerprint density at radius 2 is 1.91 bits per heavy atom. The van der Waals surface area contributed by atoms with Gasteiger partial charge in [0.1, 0.15) is 16.5 Å². The number of hydrogen-bond donors (Lipinski definition) is 1. The Morgan fingerprint density at radius 3 is 2.56 bits per heavy atom. The van der Waals surface area contributed by atoms with Gasteiger partial charge >= 0.3 is 5.97 Å². The van der Waals surface area contributed by atoms with E-state index in [0.29, 0.717) is 12.1 Å². The van der Waals surface area contributed by atoms with Crippen LogP contribution in [0.5, 0.6) is 5.75 Å². The number of piperidine rings is 1. The Labute approximate surface area is 199 Å². The van der Waals surface area contributed by atoms with Gasteiger partial charge < -0.3 is 14.8 Å². The highest BCUT2D eigenvalue weighted by atomic mass is 32.2. The summed E-state index contributed by atoms with van der Waals surface area (Å²) in [6, 6.07) is 8.02. The topological polar surface area (TPSA) is 102 Å². The predicted octanol–water partition coefficient (Wildman–Crippen LogP) is 3.89. The molecule has 3 rings (SSSR count). The van der Waals surface area contributed by atoms with Crippen molar-refractivity contribution in [2.45, 2.75) is 57.1 Å². The van der Waals surface area contributed by atoms with Gasteiger partial charge in [-0.2, -0.15) is 4.31 Å². The summed E-state index contributed by atoms with van der Waals surface area (Å²) in [5.41, 5.74) is 0.622. The number of amides is 1. The van der Waals surface area contributed by atoms with Gasteiger partial charge in [-0.05, 0) is 69.5 Å². The van der Waals surface area contributed by atoms with Gasteiger partial charge in [0.05, 0.1) is 12.7 Å². The van der Waals surface area contributed by atoms with E-state index in [1.54, 1.807) is 6.92 Å². The molecule has 0 saturated carbocycles. The molecule has 34 heavy (non-hydrogen) atoms. The van der Waals surface area contributed by atoms with Gasteiger partial charge in [0.2, 0.25) is 10.0 Å². The second kappa shape index (κ2) is 10.5. The quantitative estimate of drug-likeness (QED) is 0.589. The highest BCUT2D eigenvalue weighted by molar-refractivity contribution is 7.89. The van der Waals surface area contributed by atoms with Crippen molar-refractivity contribution in [1.82, 2.24) is 4.31 Å². The minimum Gasteiger partial charge on any atom is -0.495 e. The van der Waals surface area contributed by atoms with Crippen LogP contribution >= 0.6 is 0 Å². The lowest BCUT2D eigenvalue weighted by Crippen LogP contribution is -2.42. The molecule has 1 heterocycles. The summed E-state index contributed by atoms with van der Waals surface area (Å²) in [6.45, 7) is 5.20. The molecule has 2 aromatic carbocycles. The zero-order valence-corrected chi connectivity index (χ0v) is 20.4. The van der Waals surface area contributed by atoms with Crippen LogP contribution in [0.4, 0.5) is 10.1 Å². The van der Waals surface area contributed by atoms with Crippen molar-refractivity contribution < 1.29 is 31.9 Å². The van der Waals surface area contributed by atoms with Crippen LogP contribution < -0.4 is 10.1 Å². The molecule has 1 amide bonds. The highest BCUT2D eigenvalue weighted by Gasteiger charge is 2.34. The average molecular weight is 493 g/mol. The highest BCUT2D eigenvalue weighted by Crippen LogP contribution is 2.32. The van der Waals surface area contributed by atoms with Crippen LogP contribution in [0.25, 0.3) is 0 Å². The van der Waals surface area contributed by atoms with Crippen LogP contribution in [0.15, 0.2) is 41.3 Å². The summed E-state index contributed by atoms with van der Waals surface area (Å²) in [5.74, 6) is -1.89. The van der Waals surface area contributed by atoms with Crippen molar-refractivity contribution in [3.63, 3.8) is 0 Å². The number of nitrogens with zero attached hydrogens (tertiary/aromatic N) is 1. The number of anilines is 1. The van der Waals surface area contributed by atoms with Crippen molar-refractivity contribution in [2.24, 2.45) is 0 Å². The number of halogens is 1. The monoisotopic (exact) mass is 492 g/mol. The molecule has 2 aromatic rings. The Kier molecular flexibility index (Phi) is 7.93. The van der Waals surface area contributed by atoms with E-state index >= 15 is 0 Å². The molecule has 0 aromatic heterocycles. The zero-order chi connectivity index (χ0) is 25.0. The van der Waals surface area contributed by atoms with Crippen LogP contribution in [0.3, 0.4) is 0 Å². The average Bonchev–Trinajstić information content (AvgIpc) is 2.81. The number of esters is 1. The van der Waals surface area contributed by atoms with E-state index in [4.69, 9.17) is 9.47 Å². The van der Waals surface area contributed by atoms with Crippen molar-refractivity contribution in [1.29, 1.82) is 0 Å². The number of benzene rings is 2. The lowest BCUT2D eigenvalue weighted by molar-refractivity contribution is -0.123. The van der Waals surface area contributed by atoms with Crippen LogP contribution in [-0.4, -0.2) is 50.4 Å². The number of sulfonamides is 1. The Bertz CT molecular complexity index is 1180. The summed E-state index contributed by atoms with van der Waals surface area (Å²) in [5, 5.41) is 2.49. The number of ether oxygens (including phenoxy) is 2. The smallest absolute Gasteiger partial charge is 0.338 e. The number of carbonyl (C=O) groups excluding carboxylic acids is 2. The molecule has 1 aliphatic rings. The van der Waals surface area contributed by atoms with Crippen molar-refractivity contribution >= 4 is 27.6 Å². The van der Waals surface area contributed by atoms with Gasteiger partial charge in [0.15, 0.2) is 6.10 Å². The van der Waals surface area contributed by atoms with Gasteiger partial charge in [-0.15, -0.1) is 0 Å². The molecule has 2 unspecified atom stereocenters. The molecular weight excluding hydrogens is 463 g/mol. The van der Waals surface area contributed by atoms with E-state index in [0.717, 1.165) is 19.3 Å². The SMILES string of the molecule is COc1ccc(C(=O)OC(C)C(=O)Nc2ccc(C)c(F)c2)cc1S(=O)(=O)N1CCCCC1C. The summed E-state index contributed by atoms with van der Waals surface area (Å²) in [4.78, 5) is 25.0. The maximum atomic E-state index is 13.7. The molecular formula is C24H29FN2O6S. The van der Waals surface area contributed by atoms with Crippen molar-refractivity contribution in [2.75, 3.05) is 19.0 Å². The summed E-state index contributed by atoms with van der Waals surface area (Å²) in [7, 11) is -2.56. The Hall–Kier alpha value is -2.98. The van der Waals surface area contributed by atoms with Gasteiger partial charge in [-0.25, -0.2) is 17.6 Å². The molecule has 1 fully saturated rings. The fraction of sp³-hybridized carbons (Fsp3) is 0.417. The van der Waals surface area contributed by atoms with Crippen LogP contribution in [0.1, 0.15) is 49.0 Å². The number of carbonyl (C=O) groups is 2. The normalized spacial score (nSPS) is 17.6. The second-order valence-electron chi connectivity index (χ2n) is 8.33. The van der Waals surface area contributed by atoms with Crippen LogP contribution in [0.2, 0.25) is 0 Å². The van der Waals surface area contributed by atoms with E-state index in [1.165, 1.54) is 54.7 Å². The fourth-order valence-corrected chi connectivity index (χ4v) is 5.64. The molecule has 0 radical (unpaired) electrons. The number of methoxy groups -OCH3 is 1. The molecule has 1 aliphatic heterocycles. The summed E-state index contributed by atoms with van der Waals surface area (Å²) in [6.07, 6.45) is 1.25. The van der Waals surface area contributed by atoms with Crippen LogP contribution in [-0.2, 0) is 19.6 Å². The van der Waals surface area contributed by atoms with Gasteiger partial charge in [-0.3, -0.25) is 4.79 Å². The zero-order valence-electron chi connectivity index (χ0n) is 19.6. The van der Waals surface area contributed by atoms with Gasteiger partial charge in [0, 0.05) is 18.3 Å². The minimum absolute atomic E-state index is 0.0370. The summed E-state index contributed by atoms with van der Waals surface area (Å²) < 4.78 is 52.3. The summed E-state index contributed by atoms with van der Waals surface area (Å²) >= 11 is 0. The molecule has 8 nitrogen and oxygen atoms in total. The fourth-order valence-electron chi connectivity index (χ4n) is 3.76. The van der Waals surface area contributed by atoms with E-state index in [1.807, 2.05) is 6.92 Å². The number of rotatable bonds is 7. The van der Waals surface area contributed by atoms with Gasteiger partial charge in [0.25, 0.3) is 5.91 Å². The van der Waals surface area contributed by atoms with E-state index in [2.05, 4.69) is 5.32 Å². The number of nitrogens with one attached hydrogen (secondary N) is 1. The molecule has 0 spiro atoms. The van der Waals surface area contributed by atoms with E-state index in [-0.39, 0.29) is 27.9 Å². The molecule has 2 atom stereocenters. The van der Waals surface area contributed by atoms with E-state index < -0.39 is 33.8 Å². The van der Waals surface area contributed by atoms with Crippen molar-refractivity contribution in [3.8, 4) is 5.75 Å². The third-order valence-electron chi connectivity index (χ3n) is 5.82. The molecule has 0 bridgehead atoms. The van der Waals surface area contributed by atoms with Crippen molar-refractivity contribution in [3.05, 3.63) is 53.3 Å². The largest absolute Gasteiger partial charge is 0.495 e. The standard InChI is InChI=1S/C24H29FN2O6S/c1-15-8-10-19(14-20(15)25)26-23(28)17(3)33-24(29)18-9-11-21(32-4)22(13-18)34(30,31)27-12-6-5-7-16(27)2/h8-11,13-14,16-17H,5-7,12H2,1-4H3,(H,26,28). The first-order valence-corrected chi connectivity index (χ1v) is 12.5. The first-order chi connectivity index (χ1) is 16.0. The lowest BCUT2D eigenvalue weighted by Gasteiger charge is -2.32. The maximum Gasteiger partial charge on any atom is 0.338 e. The second-order valence-corrected chi connectivity index (χ2v) is 10.2. The minimum atomic E-state index is -3.92. The molecule has 1 saturated heterocycles. The van der Waals surface area contributed by atoms with Crippen LogP contribution in [0, 0.1) is 12.7 Å².